The summed E-state index contributed by atoms with van der Waals surface area (Å²) in [6, 6.07) is 1.10. The minimum Gasteiger partial charge on any atom is -0.424 e. The van der Waals surface area contributed by atoms with Crippen molar-refractivity contribution in [1.29, 1.82) is 0 Å². The molecule has 0 aliphatic carbocycles. The van der Waals surface area contributed by atoms with Gasteiger partial charge in [-0.2, -0.15) is 0 Å². The number of hydrogen-bond donors (Lipinski definition) is 2. The van der Waals surface area contributed by atoms with E-state index < -0.39 is 0 Å². The van der Waals surface area contributed by atoms with Gasteiger partial charge < -0.3 is 15.9 Å². The minimum absolute atomic E-state index is 0.282. The van der Waals surface area contributed by atoms with E-state index in [-0.39, 0.29) is 9.76 Å². The lowest BCUT2D eigenvalue weighted by atomic mass is 10.3. The molecule has 0 amide bonds. The van der Waals surface area contributed by atoms with E-state index in [1.165, 1.54) is 0 Å². The van der Waals surface area contributed by atoms with Crippen LogP contribution >= 0.6 is 0 Å². The first-order chi connectivity index (χ1) is 4.91. The van der Waals surface area contributed by atoms with E-state index in [0.717, 1.165) is 38.6 Å². The minimum atomic E-state index is -0.282. The molecule has 0 radical (unpaired) electrons. The summed E-state index contributed by atoms with van der Waals surface area (Å²) in [6.07, 6.45) is 2.19. The second-order valence-corrected chi connectivity index (χ2v) is 3.77. The van der Waals surface area contributed by atoms with Gasteiger partial charge in [0.1, 0.15) is 0 Å². The molecule has 0 aliphatic heterocycles. The van der Waals surface area contributed by atoms with Crippen molar-refractivity contribution >= 4 is 9.76 Å². The molecule has 4 N–H and O–H groups in total. The van der Waals surface area contributed by atoms with Gasteiger partial charge >= 0.3 is 0 Å². The van der Waals surface area contributed by atoms with Crippen molar-refractivity contribution in [1.82, 2.24) is 0 Å². The molecular formula is C6H18N2OSi. The lowest BCUT2D eigenvalue weighted by molar-refractivity contribution is 0.324. The summed E-state index contributed by atoms with van der Waals surface area (Å²) in [5.74, 6) is 0. The van der Waals surface area contributed by atoms with Crippen molar-refractivity contribution in [3.8, 4) is 0 Å². The Morgan fingerprint density at radius 2 is 1.90 bits per heavy atom. The van der Waals surface area contributed by atoms with E-state index in [1.54, 1.807) is 0 Å². The first-order valence-electron chi connectivity index (χ1n) is 3.89. The Bertz CT molecular complexity index is 55.7. The standard InChI is InChI=1S/C6H18N2OSi/c7-3-1-2-5-9-10-6-4-8/h1-8,10H2. The molecule has 3 nitrogen and oxygen atoms in total. The van der Waals surface area contributed by atoms with Gasteiger partial charge in [-0.3, -0.25) is 0 Å². The molecule has 0 bridgehead atoms. The summed E-state index contributed by atoms with van der Waals surface area (Å²) < 4.78 is 5.38. The van der Waals surface area contributed by atoms with Gasteiger partial charge in [0.05, 0.1) is 0 Å². The van der Waals surface area contributed by atoms with Crippen molar-refractivity contribution in [2.24, 2.45) is 11.5 Å². The van der Waals surface area contributed by atoms with Crippen LogP contribution in [0.1, 0.15) is 12.8 Å². The average molecular weight is 162 g/mol. The molecular weight excluding hydrogens is 144 g/mol. The number of hydrogen-bond acceptors (Lipinski definition) is 3. The summed E-state index contributed by atoms with van der Waals surface area (Å²) in [6.45, 7) is 2.45. The molecule has 0 aliphatic rings. The molecule has 0 unspecified atom stereocenters. The molecule has 0 saturated carbocycles. The molecule has 0 aromatic heterocycles. The molecule has 0 saturated heterocycles. The van der Waals surface area contributed by atoms with Crippen LogP contribution in [-0.4, -0.2) is 29.5 Å². The van der Waals surface area contributed by atoms with E-state index >= 15 is 0 Å². The zero-order valence-electron chi connectivity index (χ0n) is 6.51. The van der Waals surface area contributed by atoms with Gasteiger partial charge in [0.15, 0.2) is 9.76 Å². The predicted molar refractivity (Wildman–Crippen MR) is 46.6 cm³/mol. The topological polar surface area (TPSA) is 61.3 Å². The fraction of sp³-hybridized carbons (Fsp3) is 1.00. The SMILES string of the molecule is NCCCCO[SiH2]CCN. The molecule has 0 heterocycles. The smallest absolute Gasteiger partial charge is 0.162 e. The van der Waals surface area contributed by atoms with Gasteiger partial charge in [0.2, 0.25) is 0 Å². The van der Waals surface area contributed by atoms with Gasteiger partial charge in [-0.25, -0.2) is 0 Å². The first-order valence-corrected chi connectivity index (χ1v) is 5.47. The molecule has 0 spiro atoms. The maximum absolute atomic E-state index is 5.38. The Morgan fingerprint density at radius 3 is 2.50 bits per heavy atom. The van der Waals surface area contributed by atoms with E-state index in [4.69, 9.17) is 15.9 Å². The van der Waals surface area contributed by atoms with Crippen molar-refractivity contribution in [3.63, 3.8) is 0 Å². The summed E-state index contributed by atoms with van der Waals surface area (Å²) >= 11 is 0. The predicted octanol–water partition coefficient (Wildman–Crippen LogP) is -0.797. The van der Waals surface area contributed by atoms with Crippen LogP contribution in [0.2, 0.25) is 6.04 Å². The molecule has 0 aromatic carbocycles. The molecule has 62 valence electrons. The second-order valence-electron chi connectivity index (χ2n) is 2.25. The largest absolute Gasteiger partial charge is 0.424 e. The highest BCUT2D eigenvalue weighted by atomic mass is 28.2. The maximum atomic E-state index is 5.38. The Hall–Kier alpha value is 0.0969. The fourth-order valence-corrected chi connectivity index (χ4v) is 1.41. The number of unbranched alkanes of at least 4 members (excludes halogenated alkanes) is 1. The monoisotopic (exact) mass is 162 g/mol. The van der Waals surface area contributed by atoms with Crippen molar-refractivity contribution in [3.05, 3.63) is 0 Å². The summed E-state index contributed by atoms with van der Waals surface area (Å²) in [4.78, 5) is 0. The van der Waals surface area contributed by atoms with Crippen molar-refractivity contribution in [2.75, 3.05) is 19.7 Å². The highest BCUT2D eigenvalue weighted by molar-refractivity contribution is 6.27. The van der Waals surface area contributed by atoms with Crippen molar-refractivity contribution in [2.45, 2.75) is 18.9 Å². The summed E-state index contributed by atoms with van der Waals surface area (Å²) in [5.41, 5.74) is 10.6. The van der Waals surface area contributed by atoms with Crippen molar-refractivity contribution < 1.29 is 4.43 Å². The first kappa shape index (κ1) is 10.1. The number of nitrogens with two attached hydrogens (primary N) is 2. The van der Waals surface area contributed by atoms with Gasteiger partial charge in [-0.05, 0) is 32.0 Å². The molecule has 0 aromatic rings. The van der Waals surface area contributed by atoms with E-state index in [0.29, 0.717) is 0 Å². The molecule has 0 atom stereocenters. The van der Waals surface area contributed by atoms with E-state index in [2.05, 4.69) is 0 Å². The Morgan fingerprint density at radius 1 is 1.10 bits per heavy atom. The molecule has 0 rings (SSSR count). The molecule has 4 heteroatoms. The zero-order chi connectivity index (χ0) is 7.66. The van der Waals surface area contributed by atoms with Crippen LogP contribution in [0.3, 0.4) is 0 Å². The van der Waals surface area contributed by atoms with Crippen LogP contribution in [0.25, 0.3) is 0 Å². The van der Waals surface area contributed by atoms with Gasteiger partial charge in [-0.1, -0.05) is 0 Å². The highest BCUT2D eigenvalue weighted by Crippen LogP contribution is 1.86. The van der Waals surface area contributed by atoms with Crippen LogP contribution in [0.4, 0.5) is 0 Å². The summed E-state index contributed by atoms with van der Waals surface area (Å²) in [7, 11) is -0.282. The lowest BCUT2D eigenvalue weighted by Gasteiger charge is -2.00. The van der Waals surface area contributed by atoms with Gasteiger partial charge in [0, 0.05) is 6.61 Å². The van der Waals surface area contributed by atoms with E-state index in [1.807, 2.05) is 0 Å². The Balaban J connectivity index is 2.65. The summed E-state index contributed by atoms with van der Waals surface area (Å²) in [5, 5.41) is 0. The average Bonchev–Trinajstić information content (AvgIpc) is 1.97. The van der Waals surface area contributed by atoms with Crippen LogP contribution in [0, 0.1) is 0 Å². The van der Waals surface area contributed by atoms with Crippen LogP contribution < -0.4 is 11.5 Å². The zero-order valence-corrected chi connectivity index (χ0v) is 7.93. The van der Waals surface area contributed by atoms with Crippen LogP contribution in [0.5, 0.6) is 0 Å². The normalized spacial score (nSPS) is 11.4. The lowest BCUT2D eigenvalue weighted by Crippen LogP contribution is -2.08. The highest BCUT2D eigenvalue weighted by Gasteiger charge is 1.87. The third-order valence-corrected chi connectivity index (χ3v) is 2.51. The molecule has 0 fully saturated rings. The van der Waals surface area contributed by atoms with Crippen LogP contribution in [0.15, 0.2) is 0 Å². The van der Waals surface area contributed by atoms with Crippen LogP contribution in [-0.2, 0) is 4.43 Å². The van der Waals surface area contributed by atoms with Gasteiger partial charge in [-0.15, -0.1) is 0 Å². The maximum Gasteiger partial charge on any atom is 0.162 e. The third kappa shape index (κ3) is 8.10. The Labute approximate surface area is 65.1 Å². The number of rotatable bonds is 7. The Kier molecular flexibility index (Phi) is 9.19. The quantitative estimate of drug-likeness (QED) is 0.381. The molecule has 10 heavy (non-hydrogen) atoms. The van der Waals surface area contributed by atoms with Gasteiger partial charge in [0.25, 0.3) is 0 Å². The fourth-order valence-electron chi connectivity index (χ4n) is 0.636. The van der Waals surface area contributed by atoms with E-state index in [9.17, 15) is 0 Å². The second kappa shape index (κ2) is 9.10. The third-order valence-electron chi connectivity index (χ3n) is 1.24.